The normalized spacial score (nSPS) is 17.9. The first-order valence-electron chi connectivity index (χ1n) is 7.43. The Morgan fingerprint density at radius 3 is 2.92 bits per heavy atom. The van der Waals surface area contributed by atoms with Gasteiger partial charge < -0.3 is 20.1 Å². The van der Waals surface area contributed by atoms with Crippen LogP contribution < -0.4 is 20.1 Å². The highest BCUT2D eigenvalue weighted by Gasteiger charge is 2.24. The van der Waals surface area contributed by atoms with Gasteiger partial charge in [0.15, 0.2) is 11.5 Å². The molecule has 2 aliphatic rings. The van der Waals surface area contributed by atoms with Crippen molar-refractivity contribution in [3.8, 4) is 11.5 Å². The molecule has 7 heteroatoms. The van der Waals surface area contributed by atoms with Crippen LogP contribution in [0.1, 0.15) is 17.3 Å². The molecule has 2 aromatic carbocycles. The summed E-state index contributed by atoms with van der Waals surface area (Å²) in [4.78, 5) is 25.2. The van der Waals surface area contributed by atoms with Crippen molar-refractivity contribution in [2.75, 3.05) is 17.4 Å². The van der Waals surface area contributed by atoms with Crippen LogP contribution in [0.2, 0.25) is 0 Å². The van der Waals surface area contributed by atoms with Crippen molar-refractivity contribution in [2.24, 2.45) is 0 Å². The minimum absolute atomic E-state index is 0.0548. The molecule has 1 atom stereocenters. The number of thioether (sulfide) groups is 1. The maximum Gasteiger partial charge on any atom is 0.255 e. The average Bonchev–Trinajstić information content (AvgIpc) is 3.03. The highest BCUT2D eigenvalue weighted by Crippen LogP contribution is 2.37. The Hall–Kier alpha value is -2.67. The maximum absolute atomic E-state index is 12.4. The lowest BCUT2D eigenvalue weighted by molar-refractivity contribution is -0.115. The van der Waals surface area contributed by atoms with Gasteiger partial charge in [-0.1, -0.05) is 0 Å². The third-order valence-electron chi connectivity index (χ3n) is 3.80. The summed E-state index contributed by atoms with van der Waals surface area (Å²) >= 11 is 1.48. The van der Waals surface area contributed by atoms with Gasteiger partial charge in [0.2, 0.25) is 12.7 Å². The Morgan fingerprint density at radius 1 is 1.21 bits per heavy atom. The molecule has 0 spiro atoms. The lowest BCUT2D eigenvalue weighted by Gasteiger charge is -2.21. The van der Waals surface area contributed by atoms with E-state index in [1.54, 1.807) is 30.3 Å². The Kier molecular flexibility index (Phi) is 3.57. The van der Waals surface area contributed by atoms with Crippen LogP contribution in [0.15, 0.2) is 41.3 Å². The third-order valence-corrected chi connectivity index (χ3v) is 4.98. The number of rotatable bonds is 2. The van der Waals surface area contributed by atoms with Crippen LogP contribution >= 0.6 is 11.8 Å². The standard InChI is InChI=1S/C17H14N2O4S/c1-9-16(20)19-12-6-10(2-5-15(12)24-9)17(21)18-11-3-4-13-14(7-11)23-8-22-13/h2-7,9H,8H2,1H3,(H,18,21)(H,19,20). The number of hydrogen-bond donors (Lipinski definition) is 2. The van der Waals surface area contributed by atoms with Gasteiger partial charge in [0.05, 0.1) is 10.9 Å². The molecule has 6 nitrogen and oxygen atoms in total. The van der Waals surface area contributed by atoms with E-state index in [2.05, 4.69) is 10.6 Å². The van der Waals surface area contributed by atoms with Crippen LogP contribution in [0, 0.1) is 0 Å². The second-order valence-corrected chi connectivity index (χ2v) is 6.87. The molecular formula is C17H14N2O4S. The van der Waals surface area contributed by atoms with Gasteiger partial charge in [0.1, 0.15) is 0 Å². The lowest BCUT2D eigenvalue weighted by Crippen LogP contribution is -2.26. The second kappa shape index (κ2) is 5.76. The fraction of sp³-hybridized carbons (Fsp3) is 0.176. The molecule has 0 bridgehead atoms. The Balaban J connectivity index is 1.55. The number of amides is 2. The molecule has 0 saturated carbocycles. The summed E-state index contributed by atoms with van der Waals surface area (Å²) < 4.78 is 10.5. The molecule has 2 aliphatic heterocycles. The Labute approximate surface area is 142 Å². The minimum Gasteiger partial charge on any atom is -0.454 e. The molecule has 2 N–H and O–H groups in total. The number of ether oxygens (including phenoxy) is 2. The van der Waals surface area contributed by atoms with Crippen molar-refractivity contribution in [3.63, 3.8) is 0 Å². The van der Waals surface area contributed by atoms with E-state index in [1.807, 2.05) is 13.0 Å². The van der Waals surface area contributed by atoms with Gasteiger partial charge >= 0.3 is 0 Å². The summed E-state index contributed by atoms with van der Waals surface area (Å²) in [6.45, 7) is 2.04. The van der Waals surface area contributed by atoms with Crippen molar-refractivity contribution in [2.45, 2.75) is 17.1 Å². The van der Waals surface area contributed by atoms with E-state index in [4.69, 9.17) is 9.47 Å². The molecule has 0 aromatic heterocycles. The number of carbonyl (C=O) groups is 2. The SMILES string of the molecule is CC1Sc2ccc(C(=O)Nc3ccc4c(c3)OCO4)cc2NC1=O. The molecule has 122 valence electrons. The van der Waals surface area contributed by atoms with E-state index >= 15 is 0 Å². The largest absolute Gasteiger partial charge is 0.454 e. The first-order valence-corrected chi connectivity index (χ1v) is 8.31. The van der Waals surface area contributed by atoms with Gasteiger partial charge in [-0.05, 0) is 37.3 Å². The molecule has 2 aromatic rings. The fourth-order valence-corrected chi connectivity index (χ4v) is 3.46. The first kappa shape index (κ1) is 14.9. The number of fused-ring (bicyclic) bond motifs is 2. The quantitative estimate of drug-likeness (QED) is 0.877. The zero-order valence-corrected chi connectivity index (χ0v) is 13.6. The summed E-state index contributed by atoms with van der Waals surface area (Å²) in [7, 11) is 0. The van der Waals surface area contributed by atoms with Gasteiger partial charge in [-0.3, -0.25) is 9.59 Å². The van der Waals surface area contributed by atoms with E-state index in [9.17, 15) is 9.59 Å². The number of hydrogen-bond acceptors (Lipinski definition) is 5. The molecule has 1 unspecified atom stereocenters. The van der Waals surface area contributed by atoms with E-state index in [0.717, 1.165) is 4.90 Å². The molecule has 24 heavy (non-hydrogen) atoms. The fourth-order valence-electron chi connectivity index (χ4n) is 2.53. The summed E-state index contributed by atoms with van der Waals surface area (Å²) in [6, 6.07) is 10.5. The zero-order chi connectivity index (χ0) is 16.7. The van der Waals surface area contributed by atoms with Crippen molar-refractivity contribution >= 4 is 35.0 Å². The van der Waals surface area contributed by atoms with Crippen LogP contribution in [0.25, 0.3) is 0 Å². The summed E-state index contributed by atoms with van der Waals surface area (Å²) in [5.41, 5.74) is 1.76. The topological polar surface area (TPSA) is 76.7 Å². The third kappa shape index (κ3) is 2.67. The van der Waals surface area contributed by atoms with E-state index < -0.39 is 0 Å². The monoisotopic (exact) mass is 342 g/mol. The average molecular weight is 342 g/mol. The van der Waals surface area contributed by atoms with Crippen LogP contribution in [0.4, 0.5) is 11.4 Å². The summed E-state index contributed by atoms with van der Waals surface area (Å²) in [5, 5.41) is 5.51. The highest BCUT2D eigenvalue weighted by molar-refractivity contribution is 8.00. The summed E-state index contributed by atoms with van der Waals surface area (Å²) in [5.74, 6) is 0.960. The van der Waals surface area contributed by atoms with Crippen LogP contribution in [-0.4, -0.2) is 23.9 Å². The number of nitrogens with one attached hydrogen (secondary N) is 2. The van der Waals surface area contributed by atoms with Crippen molar-refractivity contribution in [1.29, 1.82) is 0 Å². The highest BCUT2D eigenvalue weighted by atomic mass is 32.2. The first-order chi connectivity index (χ1) is 11.6. The second-order valence-electron chi connectivity index (χ2n) is 5.48. The molecule has 0 fully saturated rings. The predicted molar refractivity (Wildman–Crippen MR) is 90.9 cm³/mol. The molecule has 0 aliphatic carbocycles. The van der Waals surface area contributed by atoms with Gasteiger partial charge in [-0.2, -0.15) is 0 Å². The molecule has 2 heterocycles. The molecular weight excluding hydrogens is 328 g/mol. The zero-order valence-electron chi connectivity index (χ0n) is 12.8. The molecule has 0 radical (unpaired) electrons. The van der Waals surface area contributed by atoms with Crippen LogP contribution in [0.3, 0.4) is 0 Å². The van der Waals surface area contributed by atoms with Crippen LogP contribution in [0.5, 0.6) is 11.5 Å². The van der Waals surface area contributed by atoms with Crippen LogP contribution in [-0.2, 0) is 4.79 Å². The van der Waals surface area contributed by atoms with Gasteiger partial charge in [-0.25, -0.2) is 0 Å². The number of benzene rings is 2. The Morgan fingerprint density at radius 2 is 2.04 bits per heavy atom. The van der Waals surface area contributed by atoms with E-state index in [1.165, 1.54) is 11.8 Å². The van der Waals surface area contributed by atoms with E-state index in [-0.39, 0.29) is 23.9 Å². The molecule has 4 rings (SSSR count). The summed E-state index contributed by atoms with van der Waals surface area (Å²) in [6.07, 6.45) is 0. The molecule has 0 saturated heterocycles. The van der Waals surface area contributed by atoms with Gasteiger partial charge in [0, 0.05) is 22.2 Å². The van der Waals surface area contributed by atoms with E-state index in [0.29, 0.717) is 28.4 Å². The van der Waals surface area contributed by atoms with Crippen molar-refractivity contribution in [3.05, 3.63) is 42.0 Å². The number of carbonyl (C=O) groups excluding carboxylic acids is 2. The van der Waals surface area contributed by atoms with Crippen molar-refractivity contribution in [1.82, 2.24) is 0 Å². The van der Waals surface area contributed by atoms with Gasteiger partial charge in [0.25, 0.3) is 5.91 Å². The smallest absolute Gasteiger partial charge is 0.255 e. The van der Waals surface area contributed by atoms with Crippen molar-refractivity contribution < 1.29 is 19.1 Å². The van der Waals surface area contributed by atoms with Gasteiger partial charge in [-0.15, -0.1) is 11.8 Å². The maximum atomic E-state index is 12.4. The Bertz CT molecular complexity index is 852. The predicted octanol–water partition coefficient (Wildman–Crippen LogP) is 3.10. The number of anilines is 2. The lowest BCUT2D eigenvalue weighted by atomic mass is 10.1. The minimum atomic E-state index is -0.255. The molecule has 2 amide bonds.